The van der Waals surface area contributed by atoms with Gasteiger partial charge in [-0.1, -0.05) is 25.9 Å². The fourth-order valence-corrected chi connectivity index (χ4v) is 3.45. The van der Waals surface area contributed by atoms with Gasteiger partial charge in [0.05, 0.1) is 4.90 Å². The van der Waals surface area contributed by atoms with Crippen LogP contribution in [0.2, 0.25) is 0 Å². The van der Waals surface area contributed by atoms with Crippen molar-refractivity contribution >= 4 is 27.4 Å². The number of hydrogen-bond donors (Lipinski definition) is 2. The molecule has 0 spiro atoms. The quantitative estimate of drug-likeness (QED) is 0.649. The highest BCUT2D eigenvalue weighted by atomic mass is 32.2. The summed E-state index contributed by atoms with van der Waals surface area (Å²) in [5.74, 6) is -0.0186. The van der Waals surface area contributed by atoms with E-state index in [4.69, 9.17) is 4.52 Å². The van der Waals surface area contributed by atoms with Crippen LogP contribution in [0.3, 0.4) is 0 Å². The molecule has 1 amide bonds. The first-order valence-corrected chi connectivity index (χ1v) is 10.2. The molecule has 1 aromatic heterocycles. The molecule has 29 heavy (non-hydrogen) atoms. The lowest BCUT2D eigenvalue weighted by atomic mass is 9.93. The molecule has 152 valence electrons. The average molecular weight is 417 g/mol. The van der Waals surface area contributed by atoms with Crippen LogP contribution < -0.4 is 10.0 Å². The molecule has 0 saturated heterocycles. The summed E-state index contributed by atoms with van der Waals surface area (Å²) in [5.41, 5.74) is 0.240. The van der Waals surface area contributed by atoms with Gasteiger partial charge in [-0.15, -0.1) is 0 Å². The summed E-state index contributed by atoms with van der Waals surface area (Å²) in [5, 5.41) is 6.43. The Bertz CT molecular complexity index is 1120. The smallest absolute Gasteiger partial charge is 0.261 e. The first-order valence-electron chi connectivity index (χ1n) is 8.72. The molecular formula is C20H20FN3O4S. The molecule has 2 N–H and O–H groups in total. The summed E-state index contributed by atoms with van der Waals surface area (Å²) in [6.45, 7) is 5.87. The topological polar surface area (TPSA) is 101 Å². The fourth-order valence-electron chi connectivity index (χ4n) is 2.39. The molecule has 0 atom stereocenters. The minimum atomic E-state index is -3.87. The molecule has 0 fully saturated rings. The standard InChI is InChI=1S/C20H20FN3O4S/c1-20(2,3)17-12-18(23-28-17)22-19(25)13-4-10-16(11-5-13)29(26,27)24-15-8-6-14(21)7-9-15/h4-12,24H,1-3H3,(H,22,23,25). The van der Waals surface area contributed by atoms with E-state index in [-0.39, 0.29) is 27.4 Å². The number of nitrogens with one attached hydrogen (secondary N) is 2. The maximum Gasteiger partial charge on any atom is 0.261 e. The van der Waals surface area contributed by atoms with Crippen molar-refractivity contribution in [2.75, 3.05) is 10.0 Å². The van der Waals surface area contributed by atoms with Crippen LogP contribution in [0, 0.1) is 5.82 Å². The molecule has 0 bridgehead atoms. The van der Waals surface area contributed by atoms with Crippen molar-refractivity contribution in [1.29, 1.82) is 0 Å². The maximum atomic E-state index is 13.0. The highest BCUT2D eigenvalue weighted by molar-refractivity contribution is 7.92. The lowest BCUT2D eigenvalue weighted by molar-refractivity contribution is 0.102. The zero-order valence-corrected chi connectivity index (χ0v) is 16.9. The Morgan fingerprint density at radius 3 is 2.21 bits per heavy atom. The van der Waals surface area contributed by atoms with Crippen LogP contribution in [0.1, 0.15) is 36.9 Å². The monoisotopic (exact) mass is 417 g/mol. The molecule has 3 rings (SSSR count). The number of hydrogen-bond acceptors (Lipinski definition) is 5. The minimum absolute atomic E-state index is 0.0326. The van der Waals surface area contributed by atoms with Crippen molar-refractivity contribution < 1.29 is 22.1 Å². The van der Waals surface area contributed by atoms with Crippen LogP contribution in [0.5, 0.6) is 0 Å². The van der Waals surface area contributed by atoms with Gasteiger partial charge in [0.1, 0.15) is 11.6 Å². The van der Waals surface area contributed by atoms with E-state index < -0.39 is 21.7 Å². The van der Waals surface area contributed by atoms with Gasteiger partial charge in [0.15, 0.2) is 5.82 Å². The third-order valence-corrected chi connectivity index (χ3v) is 5.41. The van der Waals surface area contributed by atoms with Crippen molar-refractivity contribution in [2.24, 2.45) is 0 Å². The predicted octanol–water partition coefficient (Wildman–Crippen LogP) is 4.16. The van der Waals surface area contributed by atoms with Crippen molar-refractivity contribution in [2.45, 2.75) is 31.1 Å². The number of carbonyl (C=O) groups is 1. The van der Waals surface area contributed by atoms with Crippen LogP contribution >= 0.6 is 0 Å². The first kappa shape index (κ1) is 20.5. The second-order valence-electron chi connectivity index (χ2n) is 7.42. The number of anilines is 2. The SMILES string of the molecule is CC(C)(C)c1cc(NC(=O)c2ccc(S(=O)(=O)Nc3ccc(F)cc3)cc2)no1. The van der Waals surface area contributed by atoms with Crippen LogP contribution in [-0.2, 0) is 15.4 Å². The summed E-state index contributed by atoms with van der Waals surface area (Å²) in [4.78, 5) is 12.3. The van der Waals surface area contributed by atoms with Crippen molar-refractivity contribution in [3.63, 3.8) is 0 Å². The fraction of sp³-hybridized carbons (Fsp3) is 0.200. The lowest BCUT2D eigenvalue weighted by Crippen LogP contribution is -2.15. The van der Waals surface area contributed by atoms with Gasteiger partial charge in [0.2, 0.25) is 0 Å². The number of aromatic nitrogens is 1. The first-order chi connectivity index (χ1) is 13.5. The Balaban J connectivity index is 1.71. The Morgan fingerprint density at radius 2 is 1.66 bits per heavy atom. The third kappa shape index (κ3) is 5.00. The van der Waals surface area contributed by atoms with E-state index in [1.165, 1.54) is 36.4 Å². The summed E-state index contributed by atoms with van der Waals surface area (Å²) in [6, 6.07) is 12.0. The second-order valence-corrected chi connectivity index (χ2v) is 9.10. The molecular weight excluding hydrogens is 397 g/mol. The van der Waals surface area contributed by atoms with Crippen molar-refractivity contribution in [3.8, 4) is 0 Å². The Labute approximate surface area is 168 Å². The molecule has 0 aliphatic carbocycles. The van der Waals surface area contributed by atoms with Crippen molar-refractivity contribution in [1.82, 2.24) is 5.16 Å². The number of amides is 1. The van der Waals surface area contributed by atoms with Gasteiger partial charge in [0.25, 0.3) is 15.9 Å². The second kappa shape index (κ2) is 7.67. The third-order valence-electron chi connectivity index (χ3n) is 4.01. The van der Waals surface area contributed by atoms with E-state index in [0.717, 1.165) is 12.1 Å². The maximum absolute atomic E-state index is 13.0. The van der Waals surface area contributed by atoms with E-state index in [0.29, 0.717) is 5.76 Å². The normalized spacial score (nSPS) is 11.9. The Morgan fingerprint density at radius 1 is 1.03 bits per heavy atom. The predicted molar refractivity (Wildman–Crippen MR) is 107 cm³/mol. The van der Waals surface area contributed by atoms with E-state index in [2.05, 4.69) is 15.2 Å². The number of nitrogens with zero attached hydrogens (tertiary/aromatic N) is 1. The summed E-state index contributed by atoms with van der Waals surface area (Å²) < 4.78 is 45.4. The van der Waals surface area contributed by atoms with E-state index in [9.17, 15) is 17.6 Å². The molecule has 0 aliphatic rings. The number of sulfonamides is 1. The van der Waals surface area contributed by atoms with E-state index in [1.54, 1.807) is 6.07 Å². The molecule has 0 saturated carbocycles. The van der Waals surface area contributed by atoms with E-state index in [1.807, 2.05) is 20.8 Å². The zero-order valence-electron chi connectivity index (χ0n) is 16.1. The summed E-state index contributed by atoms with van der Waals surface area (Å²) >= 11 is 0. The molecule has 0 unspecified atom stereocenters. The molecule has 9 heteroatoms. The highest BCUT2D eigenvalue weighted by Crippen LogP contribution is 2.24. The van der Waals surface area contributed by atoms with Crippen LogP contribution in [0.4, 0.5) is 15.9 Å². The lowest BCUT2D eigenvalue weighted by Gasteiger charge is -2.12. The zero-order chi connectivity index (χ0) is 21.2. The Kier molecular flexibility index (Phi) is 5.43. The summed E-state index contributed by atoms with van der Waals surface area (Å²) in [7, 11) is -3.87. The average Bonchev–Trinajstić information content (AvgIpc) is 3.12. The number of halogens is 1. The van der Waals surface area contributed by atoms with Gasteiger partial charge in [0, 0.05) is 22.7 Å². The van der Waals surface area contributed by atoms with E-state index >= 15 is 0 Å². The molecule has 1 heterocycles. The van der Waals surface area contributed by atoms with Crippen molar-refractivity contribution in [3.05, 3.63) is 71.7 Å². The van der Waals surface area contributed by atoms with Gasteiger partial charge in [-0.2, -0.15) is 0 Å². The van der Waals surface area contributed by atoms with Gasteiger partial charge >= 0.3 is 0 Å². The van der Waals surface area contributed by atoms with Crippen LogP contribution in [-0.4, -0.2) is 19.5 Å². The molecule has 0 aliphatic heterocycles. The molecule has 2 aromatic carbocycles. The number of rotatable bonds is 5. The van der Waals surface area contributed by atoms with Crippen LogP contribution in [0.15, 0.2) is 64.0 Å². The molecule has 3 aromatic rings. The van der Waals surface area contributed by atoms with Gasteiger partial charge < -0.3 is 9.84 Å². The number of carbonyl (C=O) groups excluding carboxylic acids is 1. The largest absolute Gasteiger partial charge is 0.359 e. The van der Waals surface area contributed by atoms with Gasteiger partial charge in [-0.3, -0.25) is 9.52 Å². The molecule has 7 nitrogen and oxygen atoms in total. The Hall–Kier alpha value is -3.20. The highest BCUT2D eigenvalue weighted by Gasteiger charge is 2.21. The number of benzene rings is 2. The van der Waals surface area contributed by atoms with Crippen LogP contribution in [0.25, 0.3) is 0 Å². The van der Waals surface area contributed by atoms with Gasteiger partial charge in [-0.25, -0.2) is 12.8 Å². The van der Waals surface area contributed by atoms with Gasteiger partial charge in [-0.05, 0) is 48.5 Å². The molecule has 0 radical (unpaired) electrons. The minimum Gasteiger partial charge on any atom is -0.359 e. The summed E-state index contributed by atoms with van der Waals surface area (Å²) in [6.07, 6.45) is 0.